The third-order valence-corrected chi connectivity index (χ3v) is 4.07. The van der Waals surface area contributed by atoms with Gasteiger partial charge in [0, 0.05) is 18.5 Å². The van der Waals surface area contributed by atoms with Gasteiger partial charge in [0.2, 0.25) is 5.89 Å². The first-order valence-corrected chi connectivity index (χ1v) is 8.44. The minimum atomic E-state index is -4.70. The summed E-state index contributed by atoms with van der Waals surface area (Å²) in [5, 5.41) is 11.8. The Kier molecular flexibility index (Phi) is 5.39. The van der Waals surface area contributed by atoms with Crippen LogP contribution in [0.25, 0.3) is 11.5 Å². The summed E-state index contributed by atoms with van der Waals surface area (Å²) in [6, 6.07) is 9.95. The molecule has 0 saturated heterocycles. The predicted molar refractivity (Wildman–Crippen MR) is 95.8 cm³/mol. The molecule has 0 bridgehead atoms. The van der Waals surface area contributed by atoms with Crippen LogP contribution in [0.4, 0.5) is 13.2 Å². The highest BCUT2D eigenvalue weighted by atomic mass is 19.4. The molecule has 146 valence electrons. The SMILES string of the molecule is Cc1ccc(-c2nc(CCNC(=O)c3cc(O)ccc3C(F)(F)F)co2)cc1. The number of aromatic hydroxyl groups is 1. The van der Waals surface area contributed by atoms with Crippen molar-refractivity contribution in [2.75, 3.05) is 6.54 Å². The zero-order valence-corrected chi connectivity index (χ0v) is 14.9. The number of phenolic OH excluding ortho intramolecular Hbond substituents is 1. The number of rotatable bonds is 5. The second-order valence-electron chi connectivity index (χ2n) is 6.24. The number of hydrogen-bond acceptors (Lipinski definition) is 4. The van der Waals surface area contributed by atoms with Gasteiger partial charge in [-0.05, 0) is 37.3 Å². The second-order valence-corrected chi connectivity index (χ2v) is 6.24. The van der Waals surface area contributed by atoms with Crippen molar-refractivity contribution < 1.29 is 27.5 Å². The molecule has 0 aliphatic rings. The fraction of sp³-hybridized carbons (Fsp3) is 0.200. The summed E-state index contributed by atoms with van der Waals surface area (Å²) in [6.07, 6.45) is -2.98. The van der Waals surface area contributed by atoms with E-state index in [-0.39, 0.29) is 13.0 Å². The molecule has 0 atom stereocenters. The van der Waals surface area contributed by atoms with Crippen molar-refractivity contribution in [3.05, 3.63) is 71.1 Å². The van der Waals surface area contributed by atoms with Gasteiger partial charge >= 0.3 is 6.18 Å². The number of nitrogens with one attached hydrogen (secondary N) is 1. The maximum atomic E-state index is 13.0. The Morgan fingerprint density at radius 2 is 1.89 bits per heavy atom. The van der Waals surface area contributed by atoms with Crippen molar-refractivity contribution >= 4 is 5.91 Å². The lowest BCUT2D eigenvalue weighted by Crippen LogP contribution is -2.28. The standard InChI is InChI=1S/C20H17F3N2O3/c1-12-2-4-13(5-3-12)19-25-14(11-28-19)8-9-24-18(27)16-10-15(26)6-7-17(16)20(21,22)23/h2-7,10-11,26H,8-9H2,1H3,(H,24,27). The predicted octanol–water partition coefficient (Wildman–Crippen LogP) is 4.35. The summed E-state index contributed by atoms with van der Waals surface area (Å²) >= 11 is 0. The Hall–Kier alpha value is -3.29. The zero-order chi connectivity index (χ0) is 20.3. The third-order valence-electron chi connectivity index (χ3n) is 4.07. The molecule has 28 heavy (non-hydrogen) atoms. The molecule has 1 heterocycles. The summed E-state index contributed by atoms with van der Waals surface area (Å²) in [6.45, 7) is 2.02. The third kappa shape index (κ3) is 4.51. The molecule has 0 radical (unpaired) electrons. The van der Waals surface area contributed by atoms with E-state index in [0.29, 0.717) is 17.7 Å². The minimum absolute atomic E-state index is 0.0612. The number of aryl methyl sites for hydroxylation is 1. The van der Waals surface area contributed by atoms with Crippen molar-refractivity contribution in [1.82, 2.24) is 10.3 Å². The number of hydrogen-bond donors (Lipinski definition) is 2. The molecule has 5 nitrogen and oxygen atoms in total. The highest BCUT2D eigenvalue weighted by molar-refractivity contribution is 5.96. The van der Waals surface area contributed by atoms with Crippen LogP contribution in [-0.4, -0.2) is 22.5 Å². The summed E-state index contributed by atoms with van der Waals surface area (Å²) in [4.78, 5) is 16.5. The summed E-state index contributed by atoms with van der Waals surface area (Å²) in [7, 11) is 0. The van der Waals surface area contributed by atoms with Crippen LogP contribution in [0.2, 0.25) is 0 Å². The molecule has 0 spiro atoms. The van der Waals surface area contributed by atoms with Crippen LogP contribution in [-0.2, 0) is 12.6 Å². The number of alkyl halides is 3. The number of aromatic nitrogens is 1. The van der Waals surface area contributed by atoms with Gasteiger partial charge in [0.05, 0.1) is 16.8 Å². The molecule has 1 amide bonds. The Bertz CT molecular complexity index is 979. The molecule has 0 fully saturated rings. The zero-order valence-electron chi connectivity index (χ0n) is 14.9. The molecule has 3 aromatic rings. The summed E-state index contributed by atoms with van der Waals surface area (Å²) in [5.41, 5.74) is 0.723. The van der Waals surface area contributed by atoms with Crippen LogP contribution in [0.3, 0.4) is 0 Å². The summed E-state index contributed by atoms with van der Waals surface area (Å²) < 4.78 is 44.5. The largest absolute Gasteiger partial charge is 0.508 e. The van der Waals surface area contributed by atoms with Gasteiger partial charge in [0.15, 0.2) is 0 Å². The average molecular weight is 390 g/mol. The van der Waals surface area contributed by atoms with E-state index < -0.39 is 29.0 Å². The van der Waals surface area contributed by atoms with Gasteiger partial charge in [-0.1, -0.05) is 17.7 Å². The van der Waals surface area contributed by atoms with Crippen molar-refractivity contribution in [3.63, 3.8) is 0 Å². The van der Waals surface area contributed by atoms with Gasteiger partial charge in [-0.15, -0.1) is 0 Å². The van der Waals surface area contributed by atoms with Crippen molar-refractivity contribution in [2.45, 2.75) is 19.5 Å². The number of benzene rings is 2. The maximum absolute atomic E-state index is 13.0. The smallest absolute Gasteiger partial charge is 0.417 e. The first-order valence-electron chi connectivity index (χ1n) is 8.44. The van der Waals surface area contributed by atoms with Crippen LogP contribution >= 0.6 is 0 Å². The number of halogens is 3. The summed E-state index contributed by atoms with van der Waals surface area (Å²) in [5.74, 6) is -0.920. The first-order chi connectivity index (χ1) is 13.2. The number of carbonyl (C=O) groups is 1. The second kappa shape index (κ2) is 7.75. The van der Waals surface area contributed by atoms with Crippen LogP contribution in [0, 0.1) is 6.92 Å². The molecule has 1 aromatic heterocycles. The lowest BCUT2D eigenvalue weighted by Gasteiger charge is -2.13. The van der Waals surface area contributed by atoms with Gasteiger partial charge in [0.1, 0.15) is 12.0 Å². The van der Waals surface area contributed by atoms with E-state index in [0.717, 1.165) is 23.3 Å². The van der Waals surface area contributed by atoms with E-state index in [4.69, 9.17) is 4.42 Å². The van der Waals surface area contributed by atoms with E-state index in [1.54, 1.807) is 0 Å². The molecule has 2 N–H and O–H groups in total. The maximum Gasteiger partial charge on any atom is 0.417 e. The molecule has 8 heteroatoms. The Morgan fingerprint density at radius 3 is 2.57 bits per heavy atom. The minimum Gasteiger partial charge on any atom is -0.508 e. The van der Waals surface area contributed by atoms with Gasteiger partial charge in [-0.3, -0.25) is 4.79 Å². The number of oxazole rings is 1. The Labute approximate surface area is 158 Å². The fourth-order valence-electron chi connectivity index (χ4n) is 2.62. The monoisotopic (exact) mass is 390 g/mol. The molecular formula is C20H17F3N2O3. The average Bonchev–Trinajstić information content (AvgIpc) is 3.10. The van der Waals surface area contributed by atoms with Gasteiger partial charge in [-0.2, -0.15) is 13.2 Å². The van der Waals surface area contributed by atoms with Crippen LogP contribution in [0.15, 0.2) is 53.1 Å². The Morgan fingerprint density at radius 1 is 1.18 bits per heavy atom. The topological polar surface area (TPSA) is 75.4 Å². The van der Waals surface area contributed by atoms with Gasteiger partial charge in [-0.25, -0.2) is 4.98 Å². The lowest BCUT2D eigenvalue weighted by atomic mass is 10.1. The van der Waals surface area contributed by atoms with Crippen molar-refractivity contribution in [3.8, 4) is 17.2 Å². The highest BCUT2D eigenvalue weighted by Crippen LogP contribution is 2.33. The lowest BCUT2D eigenvalue weighted by molar-refractivity contribution is -0.137. The van der Waals surface area contributed by atoms with E-state index in [2.05, 4.69) is 10.3 Å². The Balaban J connectivity index is 1.64. The van der Waals surface area contributed by atoms with Crippen LogP contribution in [0.5, 0.6) is 5.75 Å². The molecular weight excluding hydrogens is 373 g/mol. The first kappa shape index (κ1) is 19.5. The van der Waals surface area contributed by atoms with Gasteiger partial charge in [0.25, 0.3) is 5.91 Å². The van der Waals surface area contributed by atoms with E-state index in [1.807, 2.05) is 31.2 Å². The van der Waals surface area contributed by atoms with E-state index in [9.17, 15) is 23.1 Å². The fourth-order valence-corrected chi connectivity index (χ4v) is 2.62. The van der Waals surface area contributed by atoms with Crippen LogP contribution < -0.4 is 5.32 Å². The normalized spacial score (nSPS) is 11.4. The van der Waals surface area contributed by atoms with E-state index in [1.165, 1.54) is 6.26 Å². The van der Waals surface area contributed by atoms with Crippen molar-refractivity contribution in [1.29, 1.82) is 0 Å². The van der Waals surface area contributed by atoms with E-state index >= 15 is 0 Å². The van der Waals surface area contributed by atoms with Crippen LogP contribution in [0.1, 0.15) is 27.2 Å². The molecule has 3 rings (SSSR count). The van der Waals surface area contributed by atoms with Gasteiger partial charge < -0.3 is 14.8 Å². The number of amides is 1. The molecule has 0 aliphatic carbocycles. The van der Waals surface area contributed by atoms with Crippen molar-refractivity contribution in [2.24, 2.45) is 0 Å². The quantitative estimate of drug-likeness (QED) is 0.679. The number of nitrogens with zero attached hydrogens (tertiary/aromatic N) is 1. The number of carbonyl (C=O) groups excluding carboxylic acids is 1. The molecule has 2 aromatic carbocycles. The molecule has 0 aliphatic heterocycles. The molecule has 0 unspecified atom stereocenters. The molecule has 0 saturated carbocycles. The highest BCUT2D eigenvalue weighted by Gasteiger charge is 2.35. The number of phenols is 1.